The third-order valence-corrected chi connectivity index (χ3v) is 3.54. The van der Waals surface area contributed by atoms with E-state index in [2.05, 4.69) is 4.98 Å². The van der Waals surface area contributed by atoms with E-state index in [0.29, 0.717) is 16.1 Å². The van der Waals surface area contributed by atoms with Crippen LogP contribution in [0.2, 0.25) is 0 Å². The minimum atomic E-state index is -0.458. The molecule has 88 valence electrons. The molecule has 4 heteroatoms. The Balaban J connectivity index is 2.56. The normalized spacial score (nSPS) is 10.6. The highest BCUT2D eigenvalue weighted by Gasteiger charge is 2.20. The third-order valence-electron chi connectivity index (χ3n) is 2.61. The van der Waals surface area contributed by atoms with Gasteiger partial charge < -0.3 is 0 Å². The van der Waals surface area contributed by atoms with Gasteiger partial charge in [0, 0.05) is 0 Å². The van der Waals surface area contributed by atoms with Crippen LogP contribution in [0.15, 0.2) is 17.6 Å². The minimum Gasteiger partial charge on any atom is -0.287 e. The zero-order valence-electron chi connectivity index (χ0n) is 9.87. The van der Waals surface area contributed by atoms with E-state index in [-0.39, 0.29) is 11.3 Å². The molecule has 17 heavy (non-hydrogen) atoms. The Bertz CT molecular complexity index is 566. The Morgan fingerprint density at radius 3 is 2.53 bits per heavy atom. The Kier molecular flexibility index (Phi) is 3.07. The molecule has 0 aliphatic rings. The summed E-state index contributed by atoms with van der Waals surface area (Å²) in [5.41, 5.74) is 3.89. The van der Waals surface area contributed by atoms with Gasteiger partial charge in [-0.25, -0.2) is 9.37 Å². The van der Waals surface area contributed by atoms with E-state index >= 15 is 0 Å². The molecule has 0 aliphatic heterocycles. The maximum absolute atomic E-state index is 13.8. The Hall–Kier alpha value is -1.55. The van der Waals surface area contributed by atoms with E-state index in [1.54, 1.807) is 19.4 Å². The number of carbonyl (C=O) groups excluding carboxylic acids is 1. The number of ketones is 1. The Labute approximate surface area is 103 Å². The second-order valence-corrected chi connectivity index (χ2v) is 4.89. The first kappa shape index (κ1) is 11.9. The van der Waals surface area contributed by atoms with Crippen molar-refractivity contribution in [2.45, 2.75) is 20.8 Å². The molecule has 0 saturated carbocycles. The average molecular weight is 249 g/mol. The van der Waals surface area contributed by atoms with E-state index in [4.69, 9.17) is 0 Å². The van der Waals surface area contributed by atoms with Gasteiger partial charge in [-0.3, -0.25) is 4.79 Å². The van der Waals surface area contributed by atoms with Crippen LogP contribution in [0.25, 0.3) is 0 Å². The molecule has 1 aromatic heterocycles. The van der Waals surface area contributed by atoms with Crippen LogP contribution in [0.1, 0.15) is 32.1 Å². The standard InChI is InChI=1S/C13H12FNOS/c1-7-4-8(2)11(10(14)5-7)12(16)13-9(3)15-6-17-13/h4-6H,1-3H3. The van der Waals surface area contributed by atoms with E-state index in [1.165, 1.54) is 17.4 Å². The average Bonchev–Trinajstić information content (AvgIpc) is 2.62. The predicted octanol–water partition coefficient (Wildman–Crippen LogP) is 3.44. The molecule has 2 aromatic rings. The van der Waals surface area contributed by atoms with Gasteiger partial charge in [0.2, 0.25) is 5.78 Å². The van der Waals surface area contributed by atoms with Crippen molar-refractivity contribution in [3.8, 4) is 0 Å². The van der Waals surface area contributed by atoms with Crippen LogP contribution in [0, 0.1) is 26.6 Å². The van der Waals surface area contributed by atoms with Gasteiger partial charge in [-0.15, -0.1) is 11.3 Å². The molecule has 0 N–H and O–H groups in total. The SMILES string of the molecule is Cc1cc(C)c(C(=O)c2scnc2C)c(F)c1. The van der Waals surface area contributed by atoms with Crippen molar-refractivity contribution in [3.05, 3.63) is 50.7 Å². The number of hydrogen-bond donors (Lipinski definition) is 0. The fraction of sp³-hybridized carbons (Fsp3) is 0.231. The fourth-order valence-corrected chi connectivity index (χ4v) is 2.59. The van der Waals surface area contributed by atoms with Gasteiger partial charge in [0.05, 0.1) is 21.6 Å². The molecule has 1 aromatic carbocycles. The number of hydrogen-bond acceptors (Lipinski definition) is 3. The van der Waals surface area contributed by atoms with Crippen LogP contribution in [-0.4, -0.2) is 10.8 Å². The molecule has 1 heterocycles. The van der Waals surface area contributed by atoms with E-state index in [9.17, 15) is 9.18 Å². The van der Waals surface area contributed by atoms with Crippen LogP contribution in [0.3, 0.4) is 0 Å². The van der Waals surface area contributed by atoms with Crippen molar-refractivity contribution in [1.82, 2.24) is 4.98 Å². The smallest absolute Gasteiger partial charge is 0.208 e. The third kappa shape index (κ3) is 2.13. The number of halogens is 1. The minimum absolute atomic E-state index is 0.156. The van der Waals surface area contributed by atoms with Gasteiger partial charge in [-0.05, 0) is 38.0 Å². The second-order valence-electron chi connectivity index (χ2n) is 4.03. The van der Waals surface area contributed by atoms with Crippen molar-refractivity contribution in [1.29, 1.82) is 0 Å². The van der Waals surface area contributed by atoms with Crippen LogP contribution in [0.5, 0.6) is 0 Å². The monoisotopic (exact) mass is 249 g/mol. The molecule has 0 fully saturated rings. The molecule has 0 radical (unpaired) electrons. The zero-order chi connectivity index (χ0) is 12.6. The number of aromatic nitrogens is 1. The van der Waals surface area contributed by atoms with Gasteiger partial charge in [0.15, 0.2) is 0 Å². The first-order valence-corrected chi connectivity index (χ1v) is 6.10. The lowest BCUT2D eigenvalue weighted by Crippen LogP contribution is -2.07. The summed E-state index contributed by atoms with van der Waals surface area (Å²) in [6, 6.07) is 3.20. The summed E-state index contributed by atoms with van der Waals surface area (Å²) >= 11 is 1.25. The molecule has 0 spiro atoms. The largest absolute Gasteiger partial charge is 0.287 e. The molecule has 0 saturated heterocycles. The summed E-state index contributed by atoms with van der Waals surface area (Å²) in [6.07, 6.45) is 0. The molecule has 0 amide bonds. The molecule has 2 nitrogen and oxygen atoms in total. The van der Waals surface area contributed by atoms with Crippen molar-refractivity contribution in [2.75, 3.05) is 0 Å². The molecule has 0 unspecified atom stereocenters. The highest BCUT2D eigenvalue weighted by Crippen LogP contribution is 2.23. The summed E-state index contributed by atoms with van der Waals surface area (Å²) in [6.45, 7) is 5.31. The summed E-state index contributed by atoms with van der Waals surface area (Å²) in [5.74, 6) is -0.736. The van der Waals surface area contributed by atoms with E-state index in [0.717, 1.165) is 5.56 Å². The Morgan fingerprint density at radius 2 is 2.00 bits per heavy atom. The molecular weight excluding hydrogens is 237 g/mol. The molecular formula is C13H12FNOS. The topological polar surface area (TPSA) is 30.0 Å². The summed E-state index contributed by atoms with van der Waals surface area (Å²) in [7, 11) is 0. The number of benzene rings is 1. The first-order chi connectivity index (χ1) is 8.00. The molecule has 0 aliphatic carbocycles. The molecule has 0 bridgehead atoms. The lowest BCUT2D eigenvalue weighted by atomic mass is 10.00. The van der Waals surface area contributed by atoms with Crippen LogP contribution >= 0.6 is 11.3 Å². The maximum atomic E-state index is 13.8. The number of rotatable bonds is 2. The lowest BCUT2D eigenvalue weighted by Gasteiger charge is -2.07. The maximum Gasteiger partial charge on any atom is 0.208 e. The van der Waals surface area contributed by atoms with Gasteiger partial charge in [-0.1, -0.05) is 6.07 Å². The molecule has 2 rings (SSSR count). The van der Waals surface area contributed by atoms with Crippen LogP contribution in [0.4, 0.5) is 4.39 Å². The summed E-state index contributed by atoms with van der Waals surface area (Å²) < 4.78 is 13.8. The van der Waals surface area contributed by atoms with Crippen LogP contribution < -0.4 is 0 Å². The van der Waals surface area contributed by atoms with Gasteiger partial charge in [-0.2, -0.15) is 0 Å². The highest BCUT2D eigenvalue weighted by atomic mass is 32.1. The van der Waals surface area contributed by atoms with E-state index < -0.39 is 5.82 Å². The van der Waals surface area contributed by atoms with Crippen molar-refractivity contribution in [3.63, 3.8) is 0 Å². The van der Waals surface area contributed by atoms with Crippen LogP contribution in [-0.2, 0) is 0 Å². The number of nitrogens with zero attached hydrogens (tertiary/aromatic N) is 1. The predicted molar refractivity (Wildman–Crippen MR) is 66.2 cm³/mol. The second kappa shape index (κ2) is 4.37. The lowest BCUT2D eigenvalue weighted by molar-refractivity contribution is 0.103. The summed E-state index contributed by atoms with van der Waals surface area (Å²) in [4.78, 5) is 16.7. The summed E-state index contributed by atoms with van der Waals surface area (Å²) in [5, 5.41) is 0. The van der Waals surface area contributed by atoms with Gasteiger partial charge >= 0.3 is 0 Å². The van der Waals surface area contributed by atoms with Crippen molar-refractivity contribution in [2.24, 2.45) is 0 Å². The van der Waals surface area contributed by atoms with Gasteiger partial charge in [0.25, 0.3) is 0 Å². The number of carbonyl (C=O) groups is 1. The number of thiazole rings is 1. The first-order valence-electron chi connectivity index (χ1n) is 5.22. The number of aryl methyl sites for hydroxylation is 3. The zero-order valence-corrected chi connectivity index (χ0v) is 10.7. The Morgan fingerprint density at radius 1 is 1.29 bits per heavy atom. The van der Waals surface area contributed by atoms with Gasteiger partial charge in [0.1, 0.15) is 5.82 Å². The fourth-order valence-electron chi connectivity index (χ4n) is 1.84. The van der Waals surface area contributed by atoms with Crippen molar-refractivity contribution < 1.29 is 9.18 Å². The molecule has 0 atom stereocenters. The van der Waals surface area contributed by atoms with E-state index in [1.807, 2.05) is 13.0 Å². The highest BCUT2D eigenvalue weighted by molar-refractivity contribution is 7.12. The quantitative estimate of drug-likeness (QED) is 0.763. The van der Waals surface area contributed by atoms with Crippen molar-refractivity contribution >= 4 is 17.1 Å².